The second-order valence-corrected chi connectivity index (χ2v) is 7.49. The number of para-hydroxylation sites is 1. The fourth-order valence-electron chi connectivity index (χ4n) is 3.80. The number of phenols is 1. The van der Waals surface area contributed by atoms with Gasteiger partial charge in [0.2, 0.25) is 0 Å². The topological polar surface area (TPSA) is 98.0 Å². The van der Waals surface area contributed by atoms with E-state index in [1.54, 1.807) is 12.1 Å². The number of hydrogen-bond donors (Lipinski definition) is 2. The molecule has 0 spiro atoms. The zero-order valence-electron chi connectivity index (χ0n) is 17.6. The molecular formula is C26H19NO6. The maximum atomic E-state index is 12.5. The number of rotatable bonds is 5. The predicted molar refractivity (Wildman–Crippen MR) is 125 cm³/mol. The fraction of sp³-hybridized carbons (Fsp3) is 0.0769. The van der Waals surface area contributed by atoms with Crippen LogP contribution in [0.5, 0.6) is 11.5 Å². The second-order valence-electron chi connectivity index (χ2n) is 7.49. The summed E-state index contributed by atoms with van der Waals surface area (Å²) in [6.45, 7) is -0.535. The van der Waals surface area contributed by atoms with Gasteiger partial charge in [0.1, 0.15) is 28.2 Å². The van der Waals surface area contributed by atoms with E-state index in [2.05, 4.69) is 5.32 Å². The number of methoxy groups -OCH3 is 1. The van der Waals surface area contributed by atoms with E-state index in [4.69, 9.17) is 13.9 Å². The van der Waals surface area contributed by atoms with Gasteiger partial charge in [0.25, 0.3) is 5.91 Å². The van der Waals surface area contributed by atoms with Gasteiger partial charge in [-0.3, -0.25) is 4.79 Å². The largest absolute Gasteiger partial charge is 0.507 e. The summed E-state index contributed by atoms with van der Waals surface area (Å²) in [6, 6.07) is 21.4. The number of fused-ring (bicyclic) bond motifs is 4. The van der Waals surface area contributed by atoms with E-state index in [1.165, 1.54) is 19.2 Å². The lowest BCUT2D eigenvalue weighted by atomic mass is 10.1. The van der Waals surface area contributed by atoms with E-state index in [9.17, 15) is 14.7 Å². The molecule has 1 aromatic heterocycles. The highest BCUT2D eigenvalue weighted by molar-refractivity contribution is 6.08. The molecule has 0 bridgehead atoms. The van der Waals surface area contributed by atoms with E-state index in [1.807, 2.05) is 48.5 Å². The van der Waals surface area contributed by atoms with Crippen molar-refractivity contribution in [3.05, 3.63) is 78.4 Å². The quantitative estimate of drug-likeness (QED) is 0.362. The third kappa shape index (κ3) is 3.80. The van der Waals surface area contributed by atoms with Crippen molar-refractivity contribution in [2.75, 3.05) is 19.0 Å². The third-order valence-corrected chi connectivity index (χ3v) is 5.39. The summed E-state index contributed by atoms with van der Waals surface area (Å²) in [6.07, 6.45) is 0. The van der Waals surface area contributed by atoms with Crippen molar-refractivity contribution in [3.8, 4) is 11.5 Å². The van der Waals surface area contributed by atoms with Gasteiger partial charge in [-0.25, -0.2) is 4.79 Å². The van der Waals surface area contributed by atoms with Crippen molar-refractivity contribution >= 4 is 50.3 Å². The van der Waals surface area contributed by atoms with Crippen molar-refractivity contribution in [1.82, 2.24) is 0 Å². The minimum Gasteiger partial charge on any atom is -0.507 e. The predicted octanol–water partition coefficient (Wildman–Crippen LogP) is 5.25. The zero-order valence-corrected chi connectivity index (χ0v) is 17.6. The SMILES string of the molecule is COc1cc2c(cc1NC(=O)COC(=O)c1cc3ccccc3cc1O)oc1ccccc12. The lowest BCUT2D eigenvalue weighted by Gasteiger charge is -2.11. The van der Waals surface area contributed by atoms with Gasteiger partial charge < -0.3 is 24.3 Å². The third-order valence-electron chi connectivity index (χ3n) is 5.39. The Morgan fingerprint density at radius 3 is 2.42 bits per heavy atom. The molecule has 1 heterocycles. The summed E-state index contributed by atoms with van der Waals surface area (Å²) >= 11 is 0. The lowest BCUT2D eigenvalue weighted by Crippen LogP contribution is -2.21. The molecule has 164 valence electrons. The first-order chi connectivity index (χ1) is 16.0. The first-order valence-corrected chi connectivity index (χ1v) is 10.2. The standard InChI is InChI=1S/C26H19NO6/c1-31-24-12-18-17-8-4-5-9-22(17)33-23(18)13-20(24)27-25(29)14-32-26(30)19-10-15-6-2-3-7-16(15)11-21(19)28/h2-13,28H,14H2,1H3,(H,27,29). The molecule has 5 rings (SSSR count). The first kappa shape index (κ1) is 20.4. The molecule has 0 aliphatic carbocycles. The number of benzene rings is 4. The number of carbonyl (C=O) groups excluding carboxylic acids is 2. The molecular weight excluding hydrogens is 422 g/mol. The molecule has 33 heavy (non-hydrogen) atoms. The Bertz CT molecular complexity index is 1530. The Morgan fingerprint density at radius 1 is 0.909 bits per heavy atom. The summed E-state index contributed by atoms with van der Waals surface area (Å²) in [5.74, 6) is -1.12. The van der Waals surface area contributed by atoms with Crippen LogP contribution in [0.25, 0.3) is 32.7 Å². The van der Waals surface area contributed by atoms with Gasteiger partial charge in [-0.2, -0.15) is 0 Å². The van der Waals surface area contributed by atoms with Gasteiger partial charge in [-0.15, -0.1) is 0 Å². The second kappa shape index (κ2) is 8.20. The van der Waals surface area contributed by atoms with Gasteiger partial charge in [0, 0.05) is 16.8 Å². The van der Waals surface area contributed by atoms with Crippen molar-refractivity contribution in [2.24, 2.45) is 0 Å². The summed E-state index contributed by atoms with van der Waals surface area (Å²) in [5.41, 5.74) is 1.69. The van der Waals surface area contributed by atoms with Gasteiger partial charge in [0.05, 0.1) is 12.8 Å². The average Bonchev–Trinajstić information content (AvgIpc) is 3.18. The number of nitrogens with one attached hydrogen (secondary N) is 1. The van der Waals surface area contributed by atoms with Gasteiger partial charge >= 0.3 is 5.97 Å². The number of phenolic OH excluding ortho intramolecular Hbond substituents is 1. The fourth-order valence-corrected chi connectivity index (χ4v) is 3.80. The number of hydrogen-bond acceptors (Lipinski definition) is 6. The zero-order chi connectivity index (χ0) is 22.9. The summed E-state index contributed by atoms with van der Waals surface area (Å²) in [4.78, 5) is 24.9. The maximum Gasteiger partial charge on any atom is 0.342 e. The van der Waals surface area contributed by atoms with E-state index >= 15 is 0 Å². The van der Waals surface area contributed by atoms with Crippen LogP contribution in [0.3, 0.4) is 0 Å². The Balaban J connectivity index is 1.33. The van der Waals surface area contributed by atoms with Gasteiger partial charge in [-0.1, -0.05) is 42.5 Å². The molecule has 7 nitrogen and oxygen atoms in total. The number of ether oxygens (including phenoxy) is 2. The van der Waals surface area contributed by atoms with Crippen LogP contribution in [0, 0.1) is 0 Å². The molecule has 5 aromatic rings. The van der Waals surface area contributed by atoms with Gasteiger partial charge in [-0.05, 0) is 35.0 Å². The molecule has 0 atom stereocenters. The monoisotopic (exact) mass is 441 g/mol. The molecule has 0 saturated carbocycles. The number of esters is 1. The molecule has 0 fully saturated rings. The summed E-state index contributed by atoms with van der Waals surface area (Å²) < 4.78 is 16.4. The Kier molecular flexibility index (Phi) is 5.06. The van der Waals surface area contributed by atoms with Crippen LogP contribution in [0.4, 0.5) is 5.69 Å². The molecule has 4 aromatic carbocycles. The van der Waals surface area contributed by atoms with E-state index < -0.39 is 18.5 Å². The molecule has 0 aliphatic heterocycles. The Morgan fingerprint density at radius 2 is 1.64 bits per heavy atom. The molecule has 0 unspecified atom stereocenters. The Labute approximate surface area is 188 Å². The molecule has 2 N–H and O–H groups in total. The van der Waals surface area contributed by atoms with E-state index in [-0.39, 0.29) is 11.3 Å². The van der Waals surface area contributed by atoms with Crippen LogP contribution in [0.15, 0.2) is 77.2 Å². The minimum atomic E-state index is -0.798. The normalized spacial score (nSPS) is 11.1. The van der Waals surface area contributed by atoms with Crippen molar-refractivity contribution in [3.63, 3.8) is 0 Å². The van der Waals surface area contributed by atoms with Crippen molar-refractivity contribution in [2.45, 2.75) is 0 Å². The average molecular weight is 441 g/mol. The molecule has 0 saturated heterocycles. The Hall–Kier alpha value is -4.52. The smallest absolute Gasteiger partial charge is 0.342 e. The number of furan rings is 1. The number of carbonyl (C=O) groups is 2. The number of amides is 1. The summed E-state index contributed by atoms with van der Waals surface area (Å²) in [7, 11) is 1.50. The molecule has 0 aliphatic rings. The highest BCUT2D eigenvalue weighted by Crippen LogP contribution is 2.36. The van der Waals surface area contributed by atoms with Crippen LogP contribution in [0.2, 0.25) is 0 Å². The van der Waals surface area contributed by atoms with Crippen molar-refractivity contribution < 1.29 is 28.6 Å². The highest BCUT2D eigenvalue weighted by atomic mass is 16.5. The van der Waals surface area contributed by atoms with Crippen LogP contribution >= 0.6 is 0 Å². The minimum absolute atomic E-state index is 0.0113. The van der Waals surface area contributed by atoms with Crippen LogP contribution in [-0.4, -0.2) is 30.7 Å². The molecule has 7 heteroatoms. The maximum absolute atomic E-state index is 12.5. The van der Waals surface area contributed by atoms with Gasteiger partial charge in [0.15, 0.2) is 6.61 Å². The molecule has 0 radical (unpaired) electrons. The lowest BCUT2D eigenvalue weighted by molar-refractivity contribution is -0.119. The number of aromatic hydroxyl groups is 1. The van der Waals surface area contributed by atoms with Crippen molar-refractivity contribution in [1.29, 1.82) is 0 Å². The summed E-state index contributed by atoms with van der Waals surface area (Å²) in [5, 5.41) is 16.2. The van der Waals surface area contributed by atoms with E-state index in [0.29, 0.717) is 17.0 Å². The molecule has 1 amide bonds. The van der Waals surface area contributed by atoms with Crippen LogP contribution < -0.4 is 10.1 Å². The van der Waals surface area contributed by atoms with Crippen LogP contribution in [-0.2, 0) is 9.53 Å². The van der Waals surface area contributed by atoms with Crippen LogP contribution in [0.1, 0.15) is 10.4 Å². The van der Waals surface area contributed by atoms with E-state index in [0.717, 1.165) is 27.1 Å². The first-order valence-electron chi connectivity index (χ1n) is 10.2. The number of anilines is 1. The highest BCUT2D eigenvalue weighted by Gasteiger charge is 2.18.